The van der Waals surface area contributed by atoms with Crippen molar-refractivity contribution in [3.63, 3.8) is 0 Å². The van der Waals surface area contributed by atoms with E-state index in [0.29, 0.717) is 12.1 Å². The van der Waals surface area contributed by atoms with Crippen molar-refractivity contribution in [1.29, 1.82) is 0 Å². The fourth-order valence-electron chi connectivity index (χ4n) is 1.03. The average molecular weight is 517 g/mol. The van der Waals surface area contributed by atoms with Crippen LogP contribution in [0.15, 0.2) is 23.1 Å². The van der Waals surface area contributed by atoms with E-state index in [1.54, 1.807) is 0 Å². The monoisotopic (exact) mass is 516 g/mol. The van der Waals surface area contributed by atoms with Crippen molar-refractivity contribution in [2.45, 2.75) is 4.90 Å². The minimum absolute atomic E-state index is 0.389. The highest BCUT2D eigenvalue weighted by Crippen LogP contribution is 2.41. The zero-order chi connectivity index (χ0) is 26.0. The van der Waals surface area contributed by atoms with Gasteiger partial charge in [0.05, 0.1) is 16.8 Å². The Labute approximate surface area is 190 Å². The average Bonchev–Trinajstić information content (AvgIpc) is 2.40. The lowest BCUT2D eigenvalue weighted by atomic mass is 10.1. The van der Waals surface area contributed by atoms with E-state index in [-0.39, 0.29) is 21.8 Å². The van der Waals surface area contributed by atoms with Crippen LogP contribution in [0.3, 0.4) is 0 Å². The van der Waals surface area contributed by atoms with Crippen LogP contribution in [0.1, 0.15) is 20.7 Å². The summed E-state index contributed by atoms with van der Waals surface area (Å²) in [5.41, 5.74) is -1.57. The summed E-state index contributed by atoms with van der Waals surface area (Å²) in [5, 5.41) is 20.9. The Balaban J connectivity index is -0.000000428. The Morgan fingerprint density at radius 1 is 0.677 bits per heavy atom. The van der Waals surface area contributed by atoms with E-state index in [9.17, 15) is 32.8 Å². The van der Waals surface area contributed by atoms with Crippen molar-refractivity contribution in [2.75, 3.05) is 80.0 Å². The third kappa shape index (κ3) is 31.6. The highest BCUT2D eigenvalue weighted by Gasteiger charge is 2.11. The number of carboxylic acids is 2. The molecule has 0 aromatic heterocycles. The minimum atomic E-state index is -5.01. The van der Waals surface area contributed by atoms with E-state index in [1.165, 1.54) is 0 Å². The van der Waals surface area contributed by atoms with Crippen LogP contribution in [0.4, 0.5) is 0 Å². The number of carbonyl (C=O) groups is 2. The second kappa shape index (κ2) is 13.8. The van der Waals surface area contributed by atoms with E-state index in [2.05, 4.69) is 80.0 Å². The lowest BCUT2D eigenvalue weighted by Crippen LogP contribution is -2.27. The molecule has 0 N–H and O–H groups in total. The van der Waals surface area contributed by atoms with Crippen LogP contribution >= 0.6 is 21.8 Å². The van der Waals surface area contributed by atoms with Crippen LogP contribution in [-0.4, -0.2) is 105 Å². The summed E-state index contributed by atoms with van der Waals surface area (Å²) >= 11 is 0. The number of rotatable bonds is 3. The molecule has 11 heteroatoms. The molecule has 0 aliphatic carbocycles. The van der Waals surface area contributed by atoms with Crippen LogP contribution in [-0.2, 0) is 10.1 Å². The first-order chi connectivity index (χ1) is 13.2. The molecule has 7 nitrogen and oxygen atoms in total. The van der Waals surface area contributed by atoms with Gasteiger partial charge in [0.2, 0.25) is 0 Å². The molecule has 1 aromatic carbocycles. The largest absolute Gasteiger partial charge is 0.744 e. The molecule has 0 heterocycles. The van der Waals surface area contributed by atoms with Crippen molar-refractivity contribution >= 4 is 43.8 Å². The van der Waals surface area contributed by atoms with Crippen molar-refractivity contribution in [2.24, 2.45) is 0 Å². The molecule has 0 aliphatic rings. The predicted octanol–water partition coefficient (Wildman–Crippen LogP) is 1.89. The lowest BCUT2D eigenvalue weighted by molar-refractivity contribution is -0.255. The standard InChI is InChI=1S/C8H6O7S.3C4H12P/c9-7(10)4-1-2-6(16(13,14)15)5(3-4)8(11)12;3*1-5(2,3)4/h1-3H,(H,9,10)(H,11,12)(H,13,14,15);3*1-4H3/q;3*+1/p-3. The molecule has 0 amide bonds. The summed E-state index contributed by atoms with van der Waals surface area (Å²) in [5.74, 6) is -3.66. The molecular weight excluding hydrogens is 477 g/mol. The van der Waals surface area contributed by atoms with E-state index >= 15 is 0 Å². The van der Waals surface area contributed by atoms with Gasteiger partial charge in [0, 0.05) is 107 Å². The molecule has 0 saturated carbocycles. The SMILES string of the molecule is C[P+](C)(C)C.C[P+](C)(C)C.C[P+](C)(C)C.O=C([O-])c1ccc(S(=O)(=O)[O-])c(C(=O)[O-])c1. The molecule has 0 atom stereocenters. The Morgan fingerprint density at radius 3 is 1.16 bits per heavy atom. The number of carboxylic acid groups (broad SMARTS) is 2. The van der Waals surface area contributed by atoms with Crippen molar-refractivity contribution in [3.05, 3.63) is 29.3 Å². The maximum absolute atomic E-state index is 10.6. The van der Waals surface area contributed by atoms with E-state index < -0.39 is 38.1 Å². The quantitative estimate of drug-likeness (QED) is 0.442. The van der Waals surface area contributed by atoms with Gasteiger partial charge in [-0.15, -0.1) is 0 Å². The first-order valence-corrected chi connectivity index (χ1v) is 21.3. The predicted molar refractivity (Wildman–Crippen MR) is 135 cm³/mol. The van der Waals surface area contributed by atoms with Crippen molar-refractivity contribution < 1.29 is 32.8 Å². The van der Waals surface area contributed by atoms with Gasteiger partial charge in [0.1, 0.15) is 10.1 Å². The smallest absolute Gasteiger partial charge is 0.125 e. The number of hydrogen-bond donors (Lipinski definition) is 0. The van der Waals surface area contributed by atoms with Gasteiger partial charge in [-0.3, -0.25) is 0 Å². The molecule has 0 aliphatic heterocycles. The molecule has 0 radical (unpaired) electrons. The van der Waals surface area contributed by atoms with Crippen molar-refractivity contribution in [3.8, 4) is 0 Å². The second-order valence-electron chi connectivity index (χ2n) is 10.8. The topological polar surface area (TPSA) is 137 Å². The zero-order valence-electron chi connectivity index (χ0n) is 20.8. The van der Waals surface area contributed by atoms with E-state index in [1.807, 2.05) is 0 Å². The first kappa shape index (κ1) is 35.0. The summed E-state index contributed by atoms with van der Waals surface area (Å²) in [6.07, 6.45) is 0. The maximum atomic E-state index is 10.6. The van der Waals surface area contributed by atoms with Gasteiger partial charge < -0.3 is 24.4 Å². The van der Waals surface area contributed by atoms with Gasteiger partial charge in [-0.1, -0.05) is 6.07 Å². The van der Waals surface area contributed by atoms with Gasteiger partial charge in [-0.25, -0.2) is 8.42 Å². The summed E-state index contributed by atoms with van der Waals surface area (Å²) in [6, 6.07) is 1.83. The molecule has 0 unspecified atom stereocenters. The van der Waals surface area contributed by atoms with Crippen LogP contribution in [0, 0.1) is 0 Å². The van der Waals surface area contributed by atoms with Crippen LogP contribution in [0.25, 0.3) is 0 Å². The van der Waals surface area contributed by atoms with E-state index in [4.69, 9.17) is 0 Å². The Morgan fingerprint density at radius 2 is 0.968 bits per heavy atom. The van der Waals surface area contributed by atoms with E-state index in [0.717, 1.165) is 6.07 Å². The van der Waals surface area contributed by atoms with Crippen LogP contribution in [0.2, 0.25) is 0 Å². The molecule has 1 aromatic rings. The van der Waals surface area contributed by atoms with Crippen LogP contribution < -0.4 is 10.2 Å². The number of aromatic carboxylic acids is 2. The molecular formula is C20H39O7P3S. The normalized spacial score (nSPS) is 11.5. The summed E-state index contributed by atoms with van der Waals surface area (Å²) in [4.78, 5) is 19.9. The molecule has 0 fully saturated rings. The molecule has 0 saturated heterocycles. The van der Waals surface area contributed by atoms with Gasteiger partial charge in [0.25, 0.3) is 0 Å². The second-order valence-corrected chi connectivity index (χ2v) is 28.2. The molecule has 31 heavy (non-hydrogen) atoms. The molecule has 0 bridgehead atoms. The van der Waals surface area contributed by atoms with Crippen LogP contribution in [0.5, 0.6) is 0 Å². The molecule has 182 valence electrons. The highest BCUT2D eigenvalue weighted by molar-refractivity contribution is 7.85. The fraction of sp³-hybridized carbons (Fsp3) is 0.600. The summed E-state index contributed by atoms with van der Waals surface area (Å²) < 4.78 is 31.9. The Kier molecular flexibility index (Phi) is 15.6. The Hall–Kier alpha value is -0.640. The summed E-state index contributed by atoms with van der Waals surface area (Å²) in [7, 11) is -6.17. The fourth-order valence-corrected chi connectivity index (χ4v) is 1.68. The maximum Gasteiger partial charge on any atom is 0.125 e. The molecule has 1 rings (SSSR count). The first-order valence-electron chi connectivity index (χ1n) is 9.13. The third-order valence-corrected chi connectivity index (χ3v) is 2.60. The van der Waals surface area contributed by atoms with Gasteiger partial charge in [-0.2, -0.15) is 0 Å². The van der Waals surface area contributed by atoms with Gasteiger partial charge >= 0.3 is 0 Å². The number of benzene rings is 1. The summed E-state index contributed by atoms with van der Waals surface area (Å²) in [6.45, 7) is 27.6. The van der Waals surface area contributed by atoms with Gasteiger partial charge in [-0.05, 0) is 17.7 Å². The minimum Gasteiger partial charge on any atom is -0.744 e. The zero-order valence-corrected chi connectivity index (χ0v) is 24.3. The third-order valence-electron chi connectivity index (χ3n) is 1.70. The molecule has 0 spiro atoms. The lowest BCUT2D eigenvalue weighted by Gasteiger charge is -2.15. The number of hydrogen-bond acceptors (Lipinski definition) is 7. The Bertz CT molecular complexity index is 770. The highest BCUT2D eigenvalue weighted by atomic mass is 32.2. The van der Waals surface area contributed by atoms with Crippen molar-refractivity contribution in [1.82, 2.24) is 0 Å². The van der Waals surface area contributed by atoms with Gasteiger partial charge in [0.15, 0.2) is 0 Å². The number of carbonyl (C=O) groups excluding carboxylic acids is 2.